The largest absolute Gasteiger partial charge is 0.508 e. The van der Waals surface area contributed by atoms with E-state index in [2.05, 4.69) is 0 Å². The van der Waals surface area contributed by atoms with Crippen LogP contribution in [0.5, 0.6) is 103 Å². The number of hydrogen-bond acceptors (Lipinski definition) is 22. The van der Waals surface area contributed by atoms with Crippen molar-refractivity contribution in [1.29, 1.82) is 0 Å². The van der Waals surface area contributed by atoms with Gasteiger partial charge in [0.15, 0.2) is 87.3 Å². The van der Waals surface area contributed by atoms with E-state index in [4.69, 9.17) is 18.9 Å². The molecule has 0 bridgehead atoms. The van der Waals surface area contributed by atoms with E-state index in [0.717, 1.165) is 54.6 Å². The normalized spacial score (nSPS) is 18.5. The van der Waals surface area contributed by atoms with Crippen LogP contribution in [0.25, 0.3) is 0 Å². The number of esters is 2. The Morgan fingerprint density at radius 1 is 0.439 bits per heavy atom. The van der Waals surface area contributed by atoms with Crippen molar-refractivity contribution in [2.45, 2.75) is 36.8 Å². The maximum atomic E-state index is 14.1. The predicted octanol–water partition coefficient (Wildman–Crippen LogP) is 4.37. The van der Waals surface area contributed by atoms with Crippen LogP contribution in [-0.4, -0.2) is 106 Å². The number of carbonyl (C=O) groups is 2. The lowest BCUT2D eigenvalue weighted by molar-refractivity contribution is -0.0303. The van der Waals surface area contributed by atoms with Gasteiger partial charge in [-0.25, -0.2) is 9.59 Å². The molecule has 6 aromatic carbocycles. The van der Waals surface area contributed by atoms with Gasteiger partial charge in [-0.2, -0.15) is 0 Å². The first-order valence-electron chi connectivity index (χ1n) is 19.0. The monoisotopic (exact) mass is 914 g/mol. The first-order chi connectivity index (χ1) is 31.1. The lowest BCUT2D eigenvalue weighted by Crippen LogP contribution is -2.40. The molecule has 0 aliphatic carbocycles. The molecule has 8 rings (SSSR count). The van der Waals surface area contributed by atoms with Crippen LogP contribution in [0.15, 0.2) is 66.7 Å². The van der Waals surface area contributed by atoms with E-state index >= 15 is 0 Å². The van der Waals surface area contributed by atoms with Crippen LogP contribution in [0.4, 0.5) is 0 Å². The summed E-state index contributed by atoms with van der Waals surface area (Å²) < 4.78 is 24.3. The van der Waals surface area contributed by atoms with Gasteiger partial charge in [0, 0.05) is 52.4 Å². The van der Waals surface area contributed by atoms with E-state index in [9.17, 15) is 91.3 Å². The first kappa shape index (κ1) is 43.3. The number of benzene rings is 6. The number of hydrogen-bond donors (Lipinski definition) is 16. The van der Waals surface area contributed by atoms with Gasteiger partial charge < -0.3 is 101 Å². The maximum absolute atomic E-state index is 14.1. The van der Waals surface area contributed by atoms with E-state index < -0.39 is 169 Å². The van der Waals surface area contributed by atoms with Gasteiger partial charge in [-0.3, -0.25) is 0 Å². The number of phenolic OH excluding ortho intramolecular Hbond substituents is 16. The first-order valence-corrected chi connectivity index (χ1v) is 19.0. The van der Waals surface area contributed by atoms with E-state index in [-0.39, 0.29) is 22.3 Å². The van der Waals surface area contributed by atoms with Crippen LogP contribution >= 0.6 is 0 Å². The van der Waals surface area contributed by atoms with Gasteiger partial charge in [0.1, 0.15) is 40.6 Å². The molecule has 0 unspecified atom stereocenters. The molecule has 342 valence electrons. The van der Waals surface area contributed by atoms with E-state index in [0.29, 0.717) is 12.1 Å². The number of phenols is 16. The Morgan fingerprint density at radius 2 is 0.864 bits per heavy atom. The highest BCUT2D eigenvalue weighted by Crippen LogP contribution is 2.59. The molecule has 5 atom stereocenters. The third-order valence-electron chi connectivity index (χ3n) is 10.9. The summed E-state index contributed by atoms with van der Waals surface area (Å²) in [4.78, 5) is 27.7. The minimum Gasteiger partial charge on any atom is -0.508 e. The summed E-state index contributed by atoms with van der Waals surface area (Å²) in [5.74, 6) is -19.9. The van der Waals surface area contributed by atoms with Crippen molar-refractivity contribution in [3.63, 3.8) is 0 Å². The molecular weight excluding hydrogens is 880 g/mol. The molecule has 0 aromatic heterocycles. The smallest absolute Gasteiger partial charge is 0.338 e. The van der Waals surface area contributed by atoms with Gasteiger partial charge in [-0.15, -0.1) is 0 Å². The molecule has 2 heterocycles. The number of rotatable bonds is 7. The molecule has 0 fully saturated rings. The van der Waals surface area contributed by atoms with Crippen LogP contribution in [0.1, 0.15) is 66.7 Å². The molecule has 2 aliphatic heterocycles. The summed E-state index contributed by atoms with van der Waals surface area (Å²) in [6, 6.07) is 8.99. The van der Waals surface area contributed by atoms with Gasteiger partial charge >= 0.3 is 11.9 Å². The average Bonchev–Trinajstić information content (AvgIpc) is 3.25. The number of fused-ring (bicyclic) bond motifs is 2. The summed E-state index contributed by atoms with van der Waals surface area (Å²) in [6.45, 7) is 0. The highest BCUT2D eigenvalue weighted by Gasteiger charge is 2.50. The molecular formula is C44H34O22. The number of carbonyl (C=O) groups excluding carboxylic acids is 2. The Balaban J connectivity index is 1.36. The van der Waals surface area contributed by atoms with Crippen LogP contribution in [0.2, 0.25) is 0 Å². The molecule has 0 spiro atoms. The molecule has 22 heteroatoms. The molecule has 0 amide bonds. The molecule has 66 heavy (non-hydrogen) atoms. The molecule has 6 aromatic rings. The summed E-state index contributed by atoms with van der Waals surface area (Å²) >= 11 is 0. The van der Waals surface area contributed by atoms with Gasteiger partial charge in [-0.1, -0.05) is 0 Å². The molecule has 2 aliphatic rings. The van der Waals surface area contributed by atoms with Gasteiger partial charge in [0.25, 0.3) is 0 Å². The van der Waals surface area contributed by atoms with Crippen molar-refractivity contribution in [1.82, 2.24) is 0 Å². The fourth-order valence-electron chi connectivity index (χ4n) is 7.89. The Kier molecular flexibility index (Phi) is 10.4. The second-order valence-electron chi connectivity index (χ2n) is 15.1. The summed E-state index contributed by atoms with van der Waals surface area (Å²) in [5, 5.41) is 169. The Labute approximate surface area is 367 Å². The topological polar surface area (TPSA) is 395 Å². The predicted molar refractivity (Wildman–Crippen MR) is 216 cm³/mol. The Bertz CT molecular complexity index is 2920. The average molecular weight is 915 g/mol. The zero-order valence-electron chi connectivity index (χ0n) is 33.0. The van der Waals surface area contributed by atoms with Gasteiger partial charge in [0.05, 0.1) is 17.0 Å². The van der Waals surface area contributed by atoms with Crippen molar-refractivity contribution >= 4 is 11.9 Å². The highest BCUT2D eigenvalue weighted by atomic mass is 16.6. The number of aromatic hydroxyl groups is 16. The molecule has 0 radical (unpaired) electrons. The fraction of sp³-hybridized carbons (Fsp3) is 0.136. The Morgan fingerprint density at radius 3 is 1.35 bits per heavy atom. The van der Waals surface area contributed by atoms with Crippen molar-refractivity contribution in [2.24, 2.45) is 0 Å². The van der Waals surface area contributed by atoms with Crippen molar-refractivity contribution in [2.75, 3.05) is 0 Å². The van der Waals surface area contributed by atoms with Crippen molar-refractivity contribution in [3.8, 4) is 103 Å². The van der Waals surface area contributed by atoms with Crippen LogP contribution < -0.4 is 9.47 Å². The fourth-order valence-corrected chi connectivity index (χ4v) is 7.89. The highest BCUT2D eigenvalue weighted by molar-refractivity contribution is 5.92. The Hall–Kier alpha value is -9.34. The summed E-state index contributed by atoms with van der Waals surface area (Å²) in [6.07, 6.45) is -7.81. The molecule has 22 nitrogen and oxygen atoms in total. The van der Waals surface area contributed by atoms with Crippen LogP contribution in [0.3, 0.4) is 0 Å². The quantitative estimate of drug-likeness (QED) is 0.0780. The van der Waals surface area contributed by atoms with Gasteiger partial charge in [0.2, 0.25) is 0 Å². The summed E-state index contributed by atoms with van der Waals surface area (Å²) in [5.41, 5.74) is -2.83. The minimum absolute atomic E-state index is 0.251. The van der Waals surface area contributed by atoms with Crippen molar-refractivity contribution < 1.29 is 110 Å². The van der Waals surface area contributed by atoms with E-state index in [1.807, 2.05) is 0 Å². The van der Waals surface area contributed by atoms with Gasteiger partial charge in [-0.05, 0) is 48.5 Å². The standard InChI is InChI=1S/C44H34O22/c45-17-9-20(47)32-30(10-17)63-40(14-3-24(51)36(58)25(52)4-14)42(66-44(62)16-7-28(55)38(60)29(56)8-16)34(32)33-21(48)12-19(46)18-11-31(64-43(61)15-5-26(53)37(59)27(54)6-15)39(65-41(18)33)13-1-22(49)35(57)23(50)2-13/h1-10,12,31,34,39-40,42,45-60H,11H2/t31-,34-,39-,40-,42-/m1/s1. The SMILES string of the molecule is O=C(O[C@@H]1[C@@H](c2c(O)cc(O)c3c2O[C@H](c2cc(O)c(O)c(O)c2)[C@H](OC(=O)c2cc(O)c(O)c(O)c2)C3)c2c(O)cc(O)cc2O[C@@H]1c1cc(O)c(O)c(O)c1)c1cc(O)c(O)c(O)c1. The second kappa shape index (κ2) is 15.8. The third-order valence-corrected chi connectivity index (χ3v) is 10.9. The lowest BCUT2D eigenvalue weighted by atomic mass is 9.77. The molecule has 16 N–H and O–H groups in total. The van der Waals surface area contributed by atoms with Crippen LogP contribution in [0, 0.1) is 0 Å². The molecule has 0 saturated heterocycles. The third kappa shape index (κ3) is 7.32. The zero-order chi connectivity index (χ0) is 47.8. The molecule has 0 saturated carbocycles. The number of ether oxygens (including phenoxy) is 4. The lowest BCUT2D eigenvalue weighted by Gasteiger charge is -2.42. The second-order valence-corrected chi connectivity index (χ2v) is 15.1. The maximum Gasteiger partial charge on any atom is 0.338 e. The van der Waals surface area contributed by atoms with E-state index in [1.165, 1.54) is 0 Å². The van der Waals surface area contributed by atoms with E-state index in [1.54, 1.807) is 0 Å². The summed E-state index contributed by atoms with van der Waals surface area (Å²) in [7, 11) is 0. The van der Waals surface area contributed by atoms with Crippen LogP contribution in [-0.2, 0) is 15.9 Å². The van der Waals surface area contributed by atoms with Crippen molar-refractivity contribution in [3.05, 3.63) is 106 Å². The zero-order valence-corrected chi connectivity index (χ0v) is 33.0. The minimum atomic E-state index is -2.00.